The number of unbranched alkanes of at least 4 members (excludes halogenated alkanes) is 2. The van der Waals surface area contributed by atoms with Crippen molar-refractivity contribution >= 4 is 5.97 Å². The summed E-state index contributed by atoms with van der Waals surface area (Å²) in [6, 6.07) is 0. The molecule has 2 heterocycles. The zero-order valence-electron chi connectivity index (χ0n) is 14.2. The van der Waals surface area contributed by atoms with Gasteiger partial charge in [0.2, 0.25) is 0 Å². The predicted molar refractivity (Wildman–Crippen MR) is 84.2 cm³/mol. The number of aliphatic hydroxyl groups excluding tert-OH is 2. The third-order valence-corrected chi connectivity index (χ3v) is 4.05. The molecule has 0 aliphatic carbocycles. The Labute approximate surface area is 144 Å². The molecule has 1 aliphatic heterocycles. The molecule has 0 radical (unpaired) electrons. The van der Waals surface area contributed by atoms with E-state index in [0.29, 0.717) is 0 Å². The van der Waals surface area contributed by atoms with E-state index in [1.54, 1.807) is 0 Å². The Hall–Kier alpha value is -1.84. The van der Waals surface area contributed by atoms with Crippen molar-refractivity contribution < 1.29 is 28.9 Å². The lowest BCUT2D eigenvalue weighted by Crippen LogP contribution is -2.36. The molecule has 2 N–H and O–H groups in total. The lowest BCUT2D eigenvalue weighted by Gasteiger charge is -2.17. The first-order chi connectivity index (χ1) is 11.8. The number of esters is 1. The molecule has 2 rings (SSSR count). The maximum atomic E-state index is 14.2. The van der Waals surface area contributed by atoms with Crippen LogP contribution in [0.5, 0.6) is 0 Å². The molecular formula is C16H23FN2O6. The number of ether oxygens (including phenoxy) is 2. The Morgan fingerprint density at radius 2 is 2.12 bits per heavy atom. The van der Waals surface area contributed by atoms with Gasteiger partial charge in [0, 0.05) is 6.20 Å². The van der Waals surface area contributed by atoms with Gasteiger partial charge in [0.15, 0.2) is 12.0 Å². The van der Waals surface area contributed by atoms with Crippen molar-refractivity contribution in [3.05, 3.63) is 28.2 Å². The van der Waals surface area contributed by atoms with Crippen molar-refractivity contribution in [1.82, 2.24) is 9.55 Å². The summed E-state index contributed by atoms with van der Waals surface area (Å²) >= 11 is 0. The number of carbonyl (C=O) groups is 1. The quantitative estimate of drug-likeness (QED) is 0.533. The van der Waals surface area contributed by atoms with E-state index in [9.17, 15) is 24.2 Å². The Morgan fingerprint density at radius 1 is 1.40 bits per heavy atom. The van der Waals surface area contributed by atoms with Gasteiger partial charge in [-0.25, -0.2) is 9.18 Å². The number of aliphatic hydroxyl groups is 2. The highest BCUT2D eigenvalue weighted by Crippen LogP contribution is 2.28. The van der Waals surface area contributed by atoms with Gasteiger partial charge in [-0.1, -0.05) is 19.8 Å². The van der Waals surface area contributed by atoms with Crippen LogP contribution in [0.3, 0.4) is 0 Å². The first-order valence-corrected chi connectivity index (χ1v) is 8.30. The van der Waals surface area contributed by atoms with Gasteiger partial charge in [0.25, 0.3) is 0 Å². The van der Waals surface area contributed by atoms with Crippen molar-refractivity contribution in [3.63, 3.8) is 0 Å². The number of halogens is 1. The second-order valence-electron chi connectivity index (χ2n) is 6.04. The first-order valence-electron chi connectivity index (χ1n) is 8.30. The molecule has 140 valence electrons. The number of carbonyl (C=O) groups excluding carboxylic acids is 1. The summed E-state index contributed by atoms with van der Waals surface area (Å²) in [4.78, 5) is 27.3. The smallest absolute Gasteiger partial charge is 0.350 e. The highest BCUT2D eigenvalue weighted by molar-refractivity contribution is 5.71. The van der Waals surface area contributed by atoms with E-state index in [1.807, 2.05) is 6.92 Å². The summed E-state index contributed by atoms with van der Waals surface area (Å²) in [6.45, 7) is 3.77. The van der Waals surface area contributed by atoms with Crippen LogP contribution in [0.2, 0.25) is 0 Å². The fraction of sp³-hybridized carbons (Fsp3) is 0.688. The first kappa shape index (κ1) is 19.5. The van der Waals surface area contributed by atoms with E-state index >= 15 is 0 Å². The monoisotopic (exact) mass is 358 g/mol. The number of rotatable bonds is 7. The third-order valence-electron chi connectivity index (χ3n) is 4.05. The molecule has 1 aromatic heterocycles. The van der Waals surface area contributed by atoms with Crippen molar-refractivity contribution in [2.75, 3.05) is 6.61 Å². The minimum atomic E-state index is -1.39. The Bertz CT molecular complexity index is 665. The molecule has 1 aliphatic rings. The summed E-state index contributed by atoms with van der Waals surface area (Å²) in [5.74, 6) is -1.56. The van der Waals surface area contributed by atoms with E-state index in [0.717, 1.165) is 30.0 Å². The lowest BCUT2D eigenvalue weighted by molar-refractivity contribution is -0.143. The Morgan fingerprint density at radius 3 is 2.72 bits per heavy atom. The van der Waals surface area contributed by atoms with Crippen LogP contribution in [0, 0.1) is 5.82 Å². The second-order valence-corrected chi connectivity index (χ2v) is 6.04. The van der Waals surface area contributed by atoms with E-state index in [4.69, 9.17) is 9.47 Å². The molecular weight excluding hydrogens is 335 g/mol. The summed E-state index contributed by atoms with van der Waals surface area (Å²) in [6.07, 6.45) is -1.56. The van der Waals surface area contributed by atoms with Crippen LogP contribution >= 0.6 is 0 Å². The summed E-state index contributed by atoms with van der Waals surface area (Å²) in [5.41, 5.74) is -1.22. The highest BCUT2D eigenvalue weighted by Gasteiger charge is 2.42. The van der Waals surface area contributed by atoms with Gasteiger partial charge >= 0.3 is 11.7 Å². The number of hydrogen-bond donors (Lipinski definition) is 2. The predicted octanol–water partition coefficient (Wildman–Crippen LogP) is 0.297. The van der Waals surface area contributed by atoms with E-state index in [2.05, 4.69) is 4.98 Å². The zero-order chi connectivity index (χ0) is 18.6. The topological polar surface area (TPSA) is 111 Å². The van der Waals surface area contributed by atoms with Gasteiger partial charge in [0.1, 0.15) is 12.2 Å². The van der Waals surface area contributed by atoms with Crippen molar-refractivity contribution in [2.24, 2.45) is 0 Å². The van der Waals surface area contributed by atoms with Gasteiger partial charge in [0.05, 0.1) is 24.8 Å². The van der Waals surface area contributed by atoms with Crippen LogP contribution in [-0.2, 0) is 20.7 Å². The molecule has 0 spiro atoms. The standard InChI is InChI=1S/C16H23FN2O6/c1-3-4-5-6-24-12(20)7-11-10(17)8-19(16(23)18-11)15-14(22)13(21)9(2)25-15/h8-9,13-15,21-22H,3-7H2,1-2H3/t9-,13-,14-,15-/m1/s1. The van der Waals surface area contributed by atoms with Gasteiger partial charge in [-0.2, -0.15) is 4.98 Å². The Kier molecular flexibility index (Phi) is 6.63. The van der Waals surface area contributed by atoms with Crippen molar-refractivity contribution in [2.45, 2.75) is 64.1 Å². The molecule has 1 aromatic rings. The zero-order valence-corrected chi connectivity index (χ0v) is 14.2. The number of hydrogen-bond acceptors (Lipinski definition) is 7. The molecule has 25 heavy (non-hydrogen) atoms. The summed E-state index contributed by atoms with van der Waals surface area (Å²) in [5, 5.41) is 19.6. The van der Waals surface area contributed by atoms with Crippen molar-refractivity contribution in [3.8, 4) is 0 Å². The molecule has 8 nitrogen and oxygen atoms in total. The fourth-order valence-corrected chi connectivity index (χ4v) is 2.57. The highest BCUT2D eigenvalue weighted by atomic mass is 19.1. The van der Waals surface area contributed by atoms with E-state index < -0.39 is 48.4 Å². The van der Waals surface area contributed by atoms with E-state index in [1.165, 1.54) is 6.92 Å². The van der Waals surface area contributed by atoms with Gasteiger partial charge in [-0.15, -0.1) is 0 Å². The average Bonchev–Trinajstić information content (AvgIpc) is 2.82. The maximum Gasteiger partial charge on any atom is 0.350 e. The number of aromatic nitrogens is 2. The lowest BCUT2D eigenvalue weighted by atomic mass is 10.1. The number of nitrogens with zero attached hydrogens (tertiary/aromatic N) is 2. The molecule has 1 fully saturated rings. The molecule has 4 atom stereocenters. The SMILES string of the molecule is CCCCCOC(=O)Cc1nc(=O)n([C@@H]2O[C@H](C)[C@@H](O)[C@H]2O)cc1F. The Balaban J connectivity index is 2.07. The average molecular weight is 358 g/mol. The molecule has 1 saturated heterocycles. The molecule has 9 heteroatoms. The normalized spacial score (nSPS) is 26.0. The third kappa shape index (κ3) is 4.62. The largest absolute Gasteiger partial charge is 0.465 e. The second kappa shape index (κ2) is 8.50. The molecule has 0 unspecified atom stereocenters. The maximum absolute atomic E-state index is 14.2. The molecule has 0 aromatic carbocycles. The summed E-state index contributed by atoms with van der Waals surface area (Å²) in [7, 11) is 0. The summed E-state index contributed by atoms with van der Waals surface area (Å²) < 4.78 is 25.2. The van der Waals surface area contributed by atoms with Crippen molar-refractivity contribution in [1.29, 1.82) is 0 Å². The molecule has 0 bridgehead atoms. The van der Waals surface area contributed by atoms with E-state index in [-0.39, 0.29) is 12.3 Å². The van der Waals surface area contributed by atoms with Gasteiger partial charge in [-0.3, -0.25) is 9.36 Å². The van der Waals surface area contributed by atoms with Crippen LogP contribution in [0.4, 0.5) is 4.39 Å². The van der Waals surface area contributed by atoms with Crippen LogP contribution in [0.15, 0.2) is 11.0 Å². The van der Waals surface area contributed by atoms with Gasteiger partial charge < -0.3 is 19.7 Å². The minimum absolute atomic E-state index is 0.239. The van der Waals surface area contributed by atoms with Crippen LogP contribution in [0.25, 0.3) is 0 Å². The minimum Gasteiger partial charge on any atom is -0.465 e. The van der Waals surface area contributed by atoms with Crippen LogP contribution in [0.1, 0.15) is 45.0 Å². The van der Waals surface area contributed by atoms with Gasteiger partial charge in [-0.05, 0) is 13.3 Å². The molecule has 0 saturated carbocycles. The van der Waals surface area contributed by atoms with Crippen LogP contribution < -0.4 is 5.69 Å². The van der Waals surface area contributed by atoms with Crippen LogP contribution in [-0.4, -0.2) is 50.7 Å². The molecule has 0 amide bonds. The fourth-order valence-electron chi connectivity index (χ4n) is 2.57.